The zero-order valence-electron chi connectivity index (χ0n) is 15.5. The largest absolute Gasteiger partial charge is 0.368 e. The molecule has 0 atom stereocenters. The number of amides is 1. The third-order valence-electron chi connectivity index (χ3n) is 4.86. The second kappa shape index (κ2) is 8.92. The number of aromatic nitrogens is 1. The van der Waals surface area contributed by atoms with Gasteiger partial charge in [0.1, 0.15) is 5.82 Å². The van der Waals surface area contributed by atoms with Crippen LogP contribution in [0.3, 0.4) is 0 Å². The summed E-state index contributed by atoms with van der Waals surface area (Å²) < 4.78 is 15.3. The van der Waals surface area contributed by atoms with E-state index in [1.54, 1.807) is 35.2 Å². The molecular weight excluding hydrogens is 393 g/mol. The molecule has 2 heterocycles. The Morgan fingerprint density at radius 1 is 1.07 bits per heavy atom. The van der Waals surface area contributed by atoms with Crippen molar-refractivity contribution >= 4 is 44.9 Å². The molecular formula is C21H22FN3OS2. The SMILES string of the molecule is O=C(CCCSc1nc2ccccc2s1)N1CCN(c2ccc(F)cc2)CC1. The third kappa shape index (κ3) is 4.64. The summed E-state index contributed by atoms with van der Waals surface area (Å²) in [5.74, 6) is 0.908. The van der Waals surface area contributed by atoms with E-state index < -0.39 is 0 Å². The van der Waals surface area contributed by atoms with Crippen LogP contribution in [0.5, 0.6) is 0 Å². The smallest absolute Gasteiger partial charge is 0.222 e. The van der Waals surface area contributed by atoms with Gasteiger partial charge in [0.2, 0.25) is 5.91 Å². The number of carbonyl (C=O) groups is 1. The summed E-state index contributed by atoms with van der Waals surface area (Å²) in [6, 6.07) is 14.7. The van der Waals surface area contributed by atoms with Crippen LogP contribution < -0.4 is 4.90 Å². The van der Waals surface area contributed by atoms with Gasteiger partial charge in [-0.1, -0.05) is 23.9 Å². The lowest BCUT2D eigenvalue weighted by Gasteiger charge is -2.36. The zero-order valence-corrected chi connectivity index (χ0v) is 17.1. The molecule has 0 N–H and O–H groups in total. The van der Waals surface area contributed by atoms with E-state index in [0.717, 1.165) is 53.9 Å². The Morgan fingerprint density at radius 2 is 1.82 bits per heavy atom. The molecule has 4 nitrogen and oxygen atoms in total. The first-order chi connectivity index (χ1) is 13.7. The van der Waals surface area contributed by atoms with Gasteiger partial charge in [-0.15, -0.1) is 11.3 Å². The van der Waals surface area contributed by atoms with Crippen LogP contribution in [-0.4, -0.2) is 47.7 Å². The first-order valence-electron chi connectivity index (χ1n) is 9.46. The van der Waals surface area contributed by atoms with Crippen molar-refractivity contribution in [2.75, 3.05) is 36.8 Å². The lowest BCUT2D eigenvalue weighted by atomic mass is 10.2. The Bertz CT molecular complexity index is 903. The summed E-state index contributed by atoms with van der Waals surface area (Å²) in [4.78, 5) is 21.2. The van der Waals surface area contributed by atoms with Crippen molar-refractivity contribution in [1.29, 1.82) is 0 Å². The van der Waals surface area contributed by atoms with Crippen molar-refractivity contribution in [2.45, 2.75) is 17.2 Å². The normalized spacial score (nSPS) is 14.6. The number of thioether (sulfide) groups is 1. The lowest BCUT2D eigenvalue weighted by molar-refractivity contribution is -0.131. The molecule has 28 heavy (non-hydrogen) atoms. The fourth-order valence-electron chi connectivity index (χ4n) is 3.32. The van der Waals surface area contributed by atoms with Crippen molar-refractivity contribution < 1.29 is 9.18 Å². The van der Waals surface area contributed by atoms with Gasteiger partial charge in [-0.05, 0) is 42.8 Å². The minimum atomic E-state index is -0.221. The predicted octanol–water partition coefficient (Wildman–Crippen LogP) is 4.66. The van der Waals surface area contributed by atoms with Crippen molar-refractivity contribution in [2.24, 2.45) is 0 Å². The summed E-state index contributed by atoms with van der Waals surface area (Å²) in [6.45, 7) is 3.03. The molecule has 146 valence electrons. The number of nitrogens with zero attached hydrogens (tertiary/aromatic N) is 3. The quantitative estimate of drug-likeness (QED) is 0.434. The standard InChI is InChI=1S/C21H22FN3OS2/c22-16-7-9-17(10-8-16)24-11-13-25(14-12-24)20(26)6-3-15-27-21-23-18-4-1-2-5-19(18)28-21/h1-2,4-5,7-10H,3,6,11-15H2. The van der Waals surface area contributed by atoms with Gasteiger partial charge in [-0.2, -0.15) is 0 Å². The van der Waals surface area contributed by atoms with Crippen molar-refractivity contribution in [3.05, 3.63) is 54.3 Å². The van der Waals surface area contributed by atoms with Crippen LogP contribution in [0.4, 0.5) is 10.1 Å². The number of anilines is 1. The van der Waals surface area contributed by atoms with Crippen LogP contribution in [0.25, 0.3) is 10.2 Å². The van der Waals surface area contributed by atoms with Crippen molar-refractivity contribution in [3.8, 4) is 0 Å². The molecule has 1 saturated heterocycles. The molecule has 1 aromatic heterocycles. The Hall–Kier alpha value is -2.12. The summed E-state index contributed by atoms with van der Waals surface area (Å²) in [5, 5.41) is 0. The minimum absolute atomic E-state index is 0.221. The van der Waals surface area contributed by atoms with Gasteiger partial charge in [0, 0.05) is 44.0 Å². The van der Waals surface area contributed by atoms with Crippen LogP contribution in [0.1, 0.15) is 12.8 Å². The van der Waals surface area contributed by atoms with Crippen LogP contribution in [0.2, 0.25) is 0 Å². The maximum Gasteiger partial charge on any atom is 0.222 e. The average Bonchev–Trinajstić information content (AvgIpc) is 3.15. The minimum Gasteiger partial charge on any atom is -0.368 e. The van der Waals surface area contributed by atoms with Crippen molar-refractivity contribution in [1.82, 2.24) is 9.88 Å². The number of hydrogen-bond acceptors (Lipinski definition) is 5. The Morgan fingerprint density at radius 3 is 2.57 bits per heavy atom. The fourth-order valence-corrected chi connectivity index (χ4v) is 5.40. The maximum atomic E-state index is 13.1. The van der Waals surface area contributed by atoms with Gasteiger partial charge in [-0.3, -0.25) is 4.79 Å². The van der Waals surface area contributed by atoms with E-state index in [2.05, 4.69) is 16.0 Å². The van der Waals surface area contributed by atoms with Gasteiger partial charge in [-0.25, -0.2) is 9.37 Å². The number of fused-ring (bicyclic) bond motifs is 1. The molecule has 1 fully saturated rings. The number of hydrogen-bond donors (Lipinski definition) is 0. The fraction of sp³-hybridized carbons (Fsp3) is 0.333. The molecule has 1 amide bonds. The molecule has 3 aromatic rings. The maximum absolute atomic E-state index is 13.1. The number of thiazole rings is 1. The predicted molar refractivity (Wildman–Crippen MR) is 115 cm³/mol. The molecule has 0 unspecified atom stereocenters. The highest BCUT2D eigenvalue weighted by Gasteiger charge is 2.21. The second-order valence-corrected chi connectivity index (χ2v) is 9.12. The summed E-state index contributed by atoms with van der Waals surface area (Å²) in [6.07, 6.45) is 1.44. The van der Waals surface area contributed by atoms with Gasteiger partial charge in [0.25, 0.3) is 0 Å². The zero-order chi connectivity index (χ0) is 19.3. The number of carbonyl (C=O) groups excluding carboxylic acids is 1. The molecule has 1 aliphatic heterocycles. The summed E-state index contributed by atoms with van der Waals surface area (Å²) in [7, 11) is 0. The van der Waals surface area contributed by atoms with Crippen molar-refractivity contribution in [3.63, 3.8) is 0 Å². The molecule has 7 heteroatoms. The number of piperazine rings is 1. The first kappa shape index (κ1) is 19.2. The first-order valence-corrected chi connectivity index (χ1v) is 11.3. The van der Waals surface area contributed by atoms with Crippen LogP contribution in [-0.2, 0) is 4.79 Å². The third-order valence-corrected chi connectivity index (χ3v) is 7.12. The molecule has 2 aromatic carbocycles. The van der Waals surface area contributed by atoms with E-state index in [0.29, 0.717) is 6.42 Å². The highest BCUT2D eigenvalue weighted by molar-refractivity contribution is 8.01. The molecule has 0 radical (unpaired) electrons. The highest BCUT2D eigenvalue weighted by atomic mass is 32.2. The Labute approximate surface area is 172 Å². The monoisotopic (exact) mass is 415 g/mol. The van der Waals surface area contributed by atoms with E-state index in [4.69, 9.17) is 0 Å². The Kier molecular flexibility index (Phi) is 6.12. The second-order valence-electron chi connectivity index (χ2n) is 6.74. The van der Waals surface area contributed by atoms with E-state index in [1.165, 1.54) is 16.8 Å². The van der Waals surface area contributed by atoms with Gasteiger partial charge in [0.05, 0.1) is 10.2 Å². The Balaban J connectivity index is 1.19. The molecule has 0 saturated carbocycles. The van der Waals surface area contributed by atoms with E-state index in [-0.39, 0.29) is 11.7 Å². The molecule has 0 spiro atoms. The highest BCUT2D eigenvalue weighted by Crippen LogP contribution is 2.29. The van der Waals surface area contributed by atoms with Crippen LogP contribution in [0, 0.1) is 5.82 Å². The number of para-hydroxylation sites is 1. The number of rotatable bonds is 6. The topological polar surface area (TPSA) is 36.4 Å². The van der Waals surface area contributed by atoms with Crippen LogP contribution in [0.15, 0.2) is 52.9 Å². The molecule has 0 aliphatic carbocycles. The molecule has 4 rings (SSSR count). The van der Waals surface area contributed by atoms with Gasteiger partial charge >= 0.3 is 0 Å². The number of benzene rings is 2. The summed E-state index contributed by atoms with van der Waals surface area (Å²) in [5.41, 5.74) is 2.06. The molecule has 0 bridgehead atoms. The van der Waals surface area contributed by atoms with Gasteiger partial charge < -0.3 is 9.80 Å². The molecule has 1 aliphatic rings. The van der Waals surface area contributed by atoms with E-state index in [1.807, 2.05) is 23.1 Å². The van der Waals surface area contributed by atoms with Gasteiger partial charge in [0.15, 0.2) is 4.34 Å². The average molecular weight is 416 g/mol. The van der Waals surface area contributed by atoms with E-state index in [9.17, 15) is 9.18 Å². The lowest BCUT2D eigenvalue weighted by Crippen LogP contribution is -2.48. The number of halogens is 1. The summed E-state index contributed by atoms with van der Waals surface area (Å²) >= 11 is 3.44. The van der Waals surface area contributed by atoms with E-state index >= 15 is 0 Å². The van der Waals surface area contributed by atoms with Crippen LogP contribution >= 0.6 is 23.1 Å².